The highest BCUT2D eigenvalue weighted by atomic mass is 79.9. The van der Waals surface area contributed by atoms with E-state index in [2.05, 4.69) is 21.2 Å². The number of ether oxygens (including phenoxy) is 2. The molecule has 0 spiro atoms. The Morgan fingerprint density at radius 1 is 1.32 bits per heavy atom. The highest BCUT2D eigenvalue weighted by Crippen LogP contribution is 2.43. The minimum atomic E-state index is 0.200. The van der Waals surface area contributed by atoms with Crippen LogP contribution in [0.2, 0.25) is 0 Å². The van der Waals surface area contributed by atoms with Crippen molar-refractivity contribution in [3.63, 3.8) is 0 Å². The third-order valence-corrected chi connectivity index (χ3v) is 4.51. The third kappa shape index (κ3) is 2.49. The maximum atomic E-state index is 11.1. The summed E-state index contributed by atoms with van der Waals surface area (Å²) in [5, 5.41) is 3.37. The number of hydrogen-bond acceptors (Lipinski definition) is 4. The van der Waals surface area contributed by atoms with Gasteiger partial charge in [0.2, 0.25) is 6.79 Å². The van der Waals surface area contributed by atoms with Crippen LogP contribution < -0.4 is 14.8 Å². The van der Waals surface area contributed by atoms with E-state index in [4.69, 9.17) is 9.47 Å². The number of fused-ring (bicyclic) bond motifs is 1. The van der Waals surface area contributed by atoms with Gasteiger partial charge in [-0.1, -0.05) is 15.9 Å². The van der Waals surface area contributed by atoms with Crippen LogP contribution in [0.15, 0.2) is 10.5 Å². The molecule has 1 fully saturated rings. The number of piperidine rings is 1. The summed E-state index contributed by atoms with van der Waals surface area (Å²) in [4.78, 5) is 11.1. The van der Waals surface area contributed by atoms with Gasteiger partial charge in [0.1, 0.15) is 0 Å². The van der Waals surface area contributed by atoms with Crippen molar-refractivity contribution < 1.29 is 14.3 Å². The van der Waals surface area contributed by atoms with Crippen LogP contribution in [0.5, 0.6) is 11.5 Å². The van der Waals surface area contributed by atoms with E-state index in [9.17, 15) is 4.79 Å². The summed E-state index contributed by atoms with van der Waals surface area (Å²) in [6.07, 6.45) is 4.13. The zero-order chi connectivity index (χ0) is 13.2. The highest BCUT2D eigenvalue weighted by molar-refractivity contribution is 9.10. The summed E-state index contributed by atoms with van der Waals surface area (Å²) in [5.74, 6) is 2.00. The van der Waals surface area contributed by atoms with Gasteiger partial charge in [-0.15, -0.1) is 0 Å². The largest absolute Gasteiger partial charge is 0.453 e. The van der Waals surface area contributed by atoms with Crippen LogP contribution in [-0.4, -0.2) is 26.2 Å². The average Bonchev–Trinajstić information content (AvgIpc) is 2.92. The van der Waals surface area contributed by atoms with Crippen molar-refractivity contribution in [1.82, 2.24) is 5.32 Å². The first kappa shape index (κ1) is 12.9. The van der Waals surface area contributed by atoms with Crippen molar-refractivity contribution in [3.8, 4) is 11.5 Å². The zero-order valence-electron chi connectivity index (χ0n) is 10.6. The van der Waals surface area contributed by atoms with Crippen molar-refractivity contribution in [1.29, 1.82) is 0 Å². The number of benzene rings is 1. The maximum Gasteiger partial charge on any atom is 0.231 e. The normalized spacial score (nSPS) is 18.6. The molecule has 1 aromatic carbocycles. The van der Waals surface area contributed by atoms with Gasteiger partial charge in [0.15, 0.2) is 17.8 Å². The lowest BCUT2D eigenvalue weighted by Crippen LogP contribution is -2.28. The van der Waals surface area contributed by atoms with Crippen LogP contribution >= 0.6 is 15.9 Å². The Hall–Kier alpha value is -1.07. The fourth-order valence-corrected chi connectivity index (χ4v) is 3.36. The smallest absolute Gasteiger partial charge is 0.231 e. The number of carbonyl (C=O) groups excluding carboxylic acids is 1. The average molecular weight is 326 g/mol. The van der Waals surface area contributed by atoms with E-state index in [1.54, 1.807) is 0 Å². The molecule has 19 heavy (non-hydrogen) atoms. The standard InChI is InChI=1S/C14H16BrNO3/c15-12-6-10(7-17)13-14(19-8-18-13)11(12)5-9-1-3-16-4-2-9/h6-7,9,16H,1-5,8H2. The van der Waals surface area contributed by atoms with Crippen molar-refractivity contribution in [3.05, 3.63) is 21.7 Å². The van der Waals surface area contributed by atoms with E-state index in [1.165, 1.54) is 12.8 Å². The molecular formula is C14H16BrNO3. The van der Waals surface area contributed by atoms with Crippen LogP contribution in [0, 0.1) is 5.92 Å². The molecule has 0 aliphatic carbocycles. The molecule has 0 unspecified atom stereocenters. The molecule has 102 valence electrons. The second kappa shape index (κ2) is 5.51. The lowest BCUT2D eigenvalue weighted by atomic mass is 9.90. The van der Waals surface area contributed by atoms with Gasteiger partial charge in [0.25, 0.3) is 0 Å². The first-order valence-electron chi connectivity index (χ1n) is 6.56. The highest BCUT2D eigenvalue weighted by Gasteiger charge is 2.26. The number of halogens is 1. The molecule has 0 atom stereocenters. The summed E-state index contributed by atoms with van der Waals surface area (Å²) >= 11 is 3.56. The third-order valence-electron chi connectivity index (χ3n) is 3.80. The van der Waals surface area contributed by atoms with Gasteiger partial charge in [-0.3, -0.25) is 4.79 Å². The molecule has 1 N–H and O–H groups in total. The van der Waals surface area contributed by atoms with Crippen LogP contribution in [0.3, 0.4) is 0 Å². The van der Waals surface area contributed by atoms with Gasteiger partial charge < -0.3 is 14.8 Å². The van der Waals surface area contributed by atoms with Crippen LogP contribution in [-0.2, 0) is 6.42 Å². The molecule has 1 aromatic rings. The van der Waals surface area contributed by atoms with Crippen LogP contribution in [0.1, 0.15) is 28.8 Å². The zero-order valence-corrected chi connectivity index (χ0v) is 12.2. The minimum absolute atomic E-state index is 0.200. The Labute approximate surface area is 120 Å². The first-order chi connectivity index (χ1) is 9.29. The maximum absolute atomic E-state index is 11.1. The lowest BCUT2D eigenvalue weighted by Gasteiger charge is -2.23. The van der Waals surface area contributed by atoms with Crippen molar-refractivity contribution in [2.24, 2.45) is 5.92 Å². The molecule has 0 bridgehead atoms. The number of carbonyl (C=O) groups is 1. The summed E-state index contributed by atoms with van der Waals surface area (Å²) in [7, 11) is 0. The Kier molecular flexibility index (Phi) is 3.75. The Bertz CT molecular complexity index is 498. The molecule has 2 heterocycles. The van der Waals surface area contributed by atoms with E-state index < -0.39 is 0 Å². The van der Waals surface area contributed by atoms with Gasteiger partial charge in [-0.25, -0.2) is 0 Å². The van der Waals surface area contributed by atoms with E-state index in [0.717, 1.165) is 41.6 Å². The number of nitrogens with one attached hydrogen (secondary N) is 1. The van der Waals surface area contributed by atoms with Gasteiger partial charge >= 0.3 is 0 Å². The van der Waals surface area contributed by atoms with Crippen molar-refractivity contribution in [2.75, 3.05) is 19.9 Å². The number of rotatable bonds is 3. The number of hydrogen-bond donors (Lipinski definition) is 1. The molecule has 2 aliphatic heterocycles. The fraction of sp³-hybridized carbons (Fsp3) is 0.500. The molecule has 0 radical (unpaired) electrons. The van der Waals surface area contributed by atoms with E-state index in [1.807, 2.05) is 6.07 Å². The Morgan fingerprint density at radius 2 is 2.05 bits per heavy atom. The van der Waals surface area contributed by atoms with Gasteiger partial charge in [0, 0.05) is 10.0 Å². The van der Waals surface area contributed by atoms with Crippen LogP contribution in [0.4, 0.5) is 0 Å². The number of aldehydes is 1. The summed E-state index contributed by atoms with van der Waals surface area (Å²) in [6, 6.07) is 1.83. The molecule has 0 saturated carbocycles. The Balaban J connectivity index is 1.92. The quantitative estimate of drug-likeness (QED) is 0.867. The van der Waals surface area contributed by atoms with Crippen molar-refractivity contribution in [2.45, 2.75) is 19.3 Å². The molecule has 3 rings (SSSR count). The molecule has 2 aliphatic rings. The molecule has 0 amide bonds. The van der Waals surface area contributed by atoms with E-state index in [-0.39, 0.29) is 6.79 Å². The second-order valence-corrected chi connectivity index (χ2v) is 5.86. The topological polar surface area (TPSA) is 47.6 Å². The summed E-state index contributed by atoms with van der Waals surface area (Å²) in [5.41, 5.74) is 1.68. The predicted octanol–water partition coefficient (Wildman–Crippen LogP) is 2.53. The molecule has 5 heteroatoms. The van der Waals surface area contributed by atoms with Gasteiger partial charge in [-0.05, 0) is 44.3 Å². The van der Waals surface area contributed by atoms with Crippen molar-refractivity contribution >= 4 is 22.2 Å². The summed E-state index contributed by atoms with van der Waals surface area (Å²) in [6.45, 7) is 2.36. The minimum Gasteiger partial charge on any atom is -0.453 e. The van der Waals surface area contributed by atoms with Gasteiger partial charge in [0.05, 0.1) is 5.56 Å². The predicted molar refractivity (Wildman–Crippen MR) is 75.0 cm³/mol. The fourth-order valence-electron chi connectivity index (χ4n) is 2.77. The molecular weight excluding hydrogens is 310 g/mol. The lowest BCUT2D eigenvalue weighted by molar-refractivity contribution is 0.111. The summed E-state index contributed by atoms with van der Waals surface area (Å²) < 4.78 is 11.9. The first-order valence-corrected chi connectivity index (χ1v) is 7.35. The van der Waals surface area contributed by atoms with E-state index in [0.29, 0.717) is 17.2 Å². The van der Waals surface area contributed by atoms with E-state index >= 15 is 0 Å². The SMILES string of the molecule is O=Cc1cc(Br)c(CC2CCNCC2)c2c1OCO2. The second-order valence-electron chi connectivity index (χ2n) is 5.01. The molecule has 1 saturated heterocycles. The van der Waals surface area contributed by atoms with Crippen LogP contribution in [0.25, 0.3) is 0 Å². The molecule has 0 aromatic heterocycles. The molecule has 4 nitrogen and oxygen atoms in total. The Morgan fingerprint density at radius 3 is 2.79 bits per heavy atom. The van der Waals surface area contributed by atoms with Gasteiger partial charge in [-0.2, -0.15) is 0 Å². The monoisotopic (exact) mass is 325 g/mol.